The van der Waals surface area contributed by atoms with E-state index in [4.69, 9.17) is 4.74 Å². The van der Waals surface area contributed by atoms with Crippen molar-refractivity contribution in [1.29, 1.82) is 0 Å². The fourth-order valence-electron chi connectivity index (χ4n) is 3.18. The Morgan fingerprint density at radius 3 is 2.68 bits per heavy atom. The minimum absolute atomic E-state index is 0.188. The first-order valence-corrected chi connectivity index (χ1v) is 7.02. The summed E-state index contributed by atoms with van der Waals surface area (Å²) >= 11 is 0. The minimum atomic E-state index is -0.450. The molecule has 2 atom stereocenters. The van der Waals surface area contributed by atoms with Crippen LogP contribution in [-0.4, -0.2) is 31.0 Å². The number of benzene rings is 1. The first-order valence-electron chi connectivity index (χ1n) is 7.02. The Balaban J connectivity index is 2.41. The van der Waals surface area contributed by atoms with Crippen molar-refractivity contribution in [1.82, 2.24) is 4.90 Å². The molecule has 1 aromatic rings. The van der Waals surface area contributed by atoms with E-state index in [1.807, 2.05) is 18.2 Å². The molecule has 2 rings (SSSR count). The highest BCUT2D eigenvalue weighted by molar-refractivity contribution is 5.67. The second-order valence-corrected chi connectivity index (χ2v) is 5.47. The van der Waals surface area contributed by atoms with Crippen LogP contribution in [0, 0.1) is 5.92 Å². The zero-order chi connectivity index (χ0) is 13.9. The standard InChI is InChI=1S/C16H23NO2/c1-4-14-12-17(3)11-10-16(14,19-13(2)18)15-8-6-5-7-9-15/h5-9,14H,4,10-12H2,1-3H3/t14-,16-/m0/s1. The van der Waals surface area contributed by atoms with E-state index < -0.39 is 5.60 Å². The quantitative estimate of drug-likeness (QED) is 0.784. The van der Waals surface area contributed by atoms with Crippen LogP contribution in [0.1, 0.15) is 32.3 Å². The molecule has 3 heteroatoms. The molecule has 0 bridgehead atoms. The second-order valence-electron chi connectivity index (χ2n) is 5.47. The number of nitrogens with zero attached hydrogens (tertiary/aromatic N) is 1. The van der Waals surface area contributed by atoms with Crippen molar-refractivity contribution in [3.05, 3.63) is 35.9 Å². The van der Waals surface area contributed by atoms with E-state index in [1.54, 1.807) is 0 Å². The summed E-state index contributed by atoms with van der Waals surface area (Å²) in [7, 11) is 2.13. The number of esters is 1. The van der Waals surface area contributed by atoms with E-state index in [9.17, 15) is 4.79 Å². The van der Waals surface area contributed by atoms with Gasteiger partial charge >= 0.3 is 5.97 Å². The minimum Gasteiger partial charge on any atom is -0.454 e. The van der Waals surface area contributed by atoms with Gasteiger partial charge in [0.25, 0.3) is 0 Å². The predicted molar refractivity (Wildman–Crippen MR) is 75.8 cm³/mol. The second kappa shape index (κ2) is 5.74. The van der Waals surface area contributed by atoms with E-state index in [0.717, 1.165) is 31.5 Å². The molecule has 0 amide bonds. The molecule has 1 heterocycles. The smallest absolute Gasteiger partial charge is 0.303 e. The lowest BCUT2D eigenvalue weighted by atomic mass is 9.74. The molecule has 1 fully saturated rings. The van der Waals surface area contributed by atoms with Gasteiger partial charge in [-0.25, -0.2) is 0 Å². The normalized spacial score (nSPS) is 28.1. The summed E-state index contributed by atoms with van der Waals surface area (Å²) < 4.78 is 5.85. The Labute approximate surface area is 115 Å². The molecule has 0 saturated carbocycles. The SMILES string of the molecule is CC[C@H]1CN(C)CC[C@@]1(OC(C)=O)c1ccccc1. The highest BCUT2D eigenvalue weighted by atomic mass is 16.6. The fourth-order valence-corrected chi connectivity index (χ4v) is 3.18. The van der Waals surface area contributed by atoms with Crippen LogP contribution in [0.25, 0.3) is 0 Å². The van der Waals surface area contributed by atoms with Crippen LogP contribution in [0.5, 0.6) is 0 Å². The number of likely N-dealkylation sites (tertiary alicyclic amines) is 1. The molecule has 1 saturated heterocycles. The topological polar surface area (TPSA) is 29.5 Å². The summed E-state index contributed by atoms with van der Waals surface area (Å²) in [5.74, 6) is 0.157. The molecule has 0 unspecified atom stereocenters. The van der Waals surface area contributed by atoms with Gasteiger partial charge in [0.15, 0.2) is 0 Å². The van der Waals surface area contributed by atoms with Crippen LogP contribution >= 0.6 is 0 Å². The van der Waals surface area contributed by atoms with E-state index >= 15 is 0 Å². The number of rotatable bonds is 3. The summed E-state index contributed by atoms with van der Waals surface area (Å²) in [6.07, 6.45) is 1.87. The number of ether oxygens (including phenoxy) is 1. The Hall–Kier alpha value is -1.35. The molecule has 3 nitrogen and oxygen atoms in total. The van der Waals surface area contributed by atoms with Gasteiger partial charge in [-0.2, -0.15) is 0 Å². The predicted octanol–water partition coefficient (Wildman–Crippen LogP) is 2.81. The molecular formula is C16H23NO2. The van der Waals surface area contributed by atoms with Crippen molar-refractivity contribution in [2.45, 2.75) is 32.3 Å². The molecule has 19 heavy (non-hydrogen) atoms. The van der Waals surface area contributed by atoms with Crippen LogP contribution in [0.15, 0.2) is 30.3 Å². The van der Waals surface area contributed by atoms with Crippen LogP contribution in [0.3, 0.4) is 0 Å². The molecule has 1 aliphatic rings. The molecule has 0 aliphatic carbocycles. The number of hydrogen-bond donors (Lipinski definition) is 0. The molecule has 1 aliphatic heterocycles. The highest BCUT2D eigenvalue weighted by Gasteiger charge is 2.45. The van der Waals surface area contributed by atoms with Gasteiger partial charge in [-0.1, -0.05) is 37.3 Å². The van der Waals surface area contributed by atoms with Crippen LogP contribution < -0.4 is 0 Å². The van der Waals surface area contributed by atoms with Crippen molar-refractivity contribution < 1.29 is 9.53 Å². The lowest BCUT2D eigenvalue weighted by Crippen LogP contribution is -2.50. The summed E-state index contributed by atoms with van der Waals surface area (Å²) in [5, 5.41) is 0. The summed E-state index contributed by atoms with van der Waals surface area (Å²) in [5.41, 5.74) is 0.680. The van der Waals surface area contributed by atoms with Gasteiger partial charge in [0.1, 0.15) is 5.60 Å². The fraction of sp³-hybridized carbons (Fsp3) is 0.562. The molecule has 1 aromatic carbocycles. The van der Waals surface area contributed by atoms with Crippen LogP contribution in [-0.2, 0) is 15.1 Å². The highest BCUT2D eigenvalue weighted by Crippen LogP contribution is 2.42. The van der Waals surface area contributed by atoms with Gasteiger partial charge in [0.05, 0.1) is 0 Å². The first kappa shape index (κ1) is 14.1. The van der Waals surface area contributed by atoms with E-state index in [2.05, 4.69) is 31.0 Å². The van der Waals surface area contributed by atoms with Gasteiger partial charge in [-0.05, 0) is 19.0 Å². The van der Waals surface area contributed by atoms with Gasteiger partial charge in [0.2, 0.25) is 0 Å². The maximum Gasteiger partial charge on any atom is 0.303 e. The maximum atomic E-state index is 11.6. The number of piperidine rings is 1. The van der Waals surface area contributed by atoms with Crippen molar-refractivity contribution in [3.63, 3.8) is 0 Å². The Kier molecular flexibility index (Phi) is 4.25. The van der Waals surface area contributed by atoms with Crippen molar-refractivity contribution in [2.24, 2.45) is 5.92 Å². The molecule has 0 radical (unpaired) electrons. The van der Waals surface area contributed by atoms with Gasteiger partial charge in [-0.15, -0.1) is 0 Å². The van der Waals surface area contributed by atoms with Gasteiger partial charge in [-0.3, -0.25) is 4.79 Å². The summed E-state index contributed by atoms with van der Waals surface area (Å²) in [6.45, 7) is 5.61. The van der Waals surface area contributed by atoms with E-state index in [-0.39, 0.29) is 5.97 Å². The molecule has 0 aromatic heterocycles. The van der Waals surface area contributed by atoms with Gasteiger partial charge in [0, 0.05) is 32.4 Å². The number of carbonyl (C=O) groups excluding carboxylic acids is 1. The largest absolute Gasteiger partial charge is 0.454 e. The summed E-state index contributed by atoms with van der Waals surface area (Å²) in [4.78, 5) is 13.9. The van der Waals surface area contributed by atoms with Crippen molar-refractivity contribution >= 4 is 5.97 Å². The third kappa shape index (κ3) is 2.81. The van der Waals surface area contributed by atoms with Crippen molar-refractivity contribution in [3.8, 4) is 0 Å². The first-order chi connectivity index (χ1) is 9.08. The third-order valence-corrected chi connectivity index (χ3v) is 4.14. The van der Waals surface area contributed by atoms with Crippen molar-refractivity contribution in [2.75, 3.05) is 20.1 Å². The lowest BCUT2D eigenvalue weighted by Gasteiger charge is -2.46. The Bertz CT molecular complexity index is 432. The Morgan fingerprint density at radius 1 is 1.42 bits per heavy atom. The van der Waals surface area contributed by atoms with Crippen LogP contribution in [0.4, 0.5) is 0 Å². The molecular weight excluding hydrogens is 238 g/mol. The zero-order valence-electron chi connectivity index (χ0n) is 12.1. The average Bonchev–Trinajstić information content (AvgIpc) is 2.41. The van der Waals surface area contributed by atoms with E-state index in [0.29, 0.717) is 5.92 Å². The third-order valence-electron chi connectivity index (χ3n) is 4.14. The average molecular weight is 261 g/mol. The monoisotopic (exact) mass is 261 g/mol. The number of carbonyl (C=O) groups is 1. The molecule has 0 N–H and O–H groups in total. The molecule has 0 spiro atoms. The zero-order valence-corrected chi connectivity index (χ0v) is 12.1. The Morgan fingerprint density at radius 2 is 2.11 bits per heavy atom. The van der Waals surface area contributed by atoms with Gasteiger partial charge < -0.3 is 9.64 Å². The number of hydrogen-bond acceptors (Lipinski definition) is 3. The van der Waals surface area contributed by atoms with E-state index in [1.165, 1.54) is 6.92 Å². The van der Waals surface area contributed by atoms with Crippen LogP contribution in [0.2, 0.25) is 0 Å². The molecule has 104 valence electrons. The maximum absolute atomic E-state index is 11.6. The lowest BCUT2D eigenvalue weighted by molar-refractivity contribution is -0.173. The summed E-state index contributed by atoms with van der Waals surface area (Å²) in [6, 6.07) is 10.2.